The molecule has 8 heteroatoms. The molecule has 0 aliphatic carbocycles. The first-order valence-electron chi connectivity index (χ1n) is 7.92. The molecule has 0 atom stereocenters. The van der Waals surface area contributed by atoms with Crippen LogP contribution < -0.4 is 5.32 Å². The van der Waals surface area contributed by atoms with E-state index in [4.69, 9.17) is 0 Å². The summed E-state index contributed by atoms with van der Waals surface area (Å²) in [5, 5.41) is 14.2. The fraction of sp³-hybridized carbons (Fsp3) is 0.500. The quantitative estimate of drug-likeness (QED) is 0.780. The summed E-state index contributed by atoms with van der Waals surface area (Å²) in [7, 11) is 1.97. The zero-order valence-corrected chi connectivity index (χ0v) is 14.2. The van der Waals surface area contributed by atoms with Crippen molar-refractivity contribution in [2.45, 2.75) is 39.4 Å². The maximum absolute atomic E-state index is 13.5. The number of nitrogens with zero attached hydrogens (tertiary/aromatic N) is 5. The van der Waals surface area contributed by atoms with Gasteiger partial charge in [-0.25, -0.2) is 9.07 Å². The lowest BCUT2D eigenvalue weighted by Crippen LogP contribution is -2.32. The molecule has 0 aliphatic rings. The molecule has 1 N–H and O–H groups in total. The summed E-state index contributed by atoms with van der Waals surface area (Å²) in [6.45, 7) is 5.12. The van der Waals surface area contributed by atoms with Crippen LogP contribution in [0.15, 0.2) is 24.3 Å². The van der Waals surface area contributed by atoms with E-state index in [1.54, 1.807) is 18.2 Å². The van der Waals surface area contributed by atoms with Crippen molar-refractivity contribution < 1.29 is 9.18 Å². The Balaban J connectivity index is 1.83. The maximum atomic E-state index is 13.5. The molecular formula is C16H23FN6O. The highest BCUT2D eigenvalue weighted by Crippen LogP contribution is 2.06. The van der Waals surface area contributed by atoms with E-state index >= 15 is 0 Å². The number of aromatic nitrogens is 4. The zero-order valence-electron chi connectivity index (χ0n) is 14.2. The predicted octanol–water partition coefficient (Wildman–Crippen LogP) is 1.01. The molecule has 7 nitrogen and oxygen atoms in total. The number of hydrogen-bond donors (Lipinski definition) is 1. The van der Waals surface area contributed by atoms with E-state index in [0.717, 1.165) is 0 Å². The standard InChI is InChI=1S/C16H23FN6O/c1-12(2)22(3)10-15-19-20-21-23(15)11-16(24)18-9-8-13-6-4-5-7-14(13)17/h4-7,12H,8-11H2,1-3H3,(H,18,24). The molecule has 0 saturated heterocycles. The van der Waals surface area contributed by atoms with E-state index in [0.29, 0.717) is 36.9 Å². The van der Waals surface area contributed by atoms with Crippen molar-refractivity contribution >= 4 is 5.91 Å². The summed E-state index contributed by atoms with van der Waals surface area (Å²) in [5.74, 6) is 0.175. The largest absolute Gasteiger partial charge is 0.354 e. The Hall–Kier alpha value is -2.35. The Morgan fingerprint density at radius 1 is 1.38 bits per heavy atom. The van der Waals surface area contributed by atoms with Gasteiger partial charge in [0.1, 0.15) is 12.4 Å². The number of tetrazole rings is 1. The van der Waals surface area contributed by atoms with Gasteiger partial charge in [-0.3, -0.25) is 9.69 Å². The number of amides is 1. The first-order valence-corrected chi connectivity index (χ1v) is 7.92. The number of benzene rings is 1. The maximum Gasteiger partial charge on any atom is 0.241 e. The second-order valence-electron chi connectivity index (χ2n) is 5.95. The SMILES string of the molecule is CC(C)N(C)Cc1nnnn1CC(=O)NCCc1ccccc1F. The van der Waals surface area contributed by atoms with Crippen LogP contribution in [0.1, 0.15) is 25.2 Å². The lowest BCUT2D eigenvalue weighted by Gasteiger charge is -2.19. The van der Waals surface area contributed by atoms with Crippen LogP contribution in [0.25, 0.3) is 0 Å². The van der Waals surface area contributed by atoms with E-state index in [1.165, 1.54) is 10.7 Å². The lowest BCUT2D eigenvalue weighted by atomic mass is 10.1. The van der Waals surface area contributed by atoms with Crippen LogP contribution >= 0.6 is 0 Å². The number of carbonyl (C=O) groups is 1. The van der Waals surface area contributed by atoms with Crippen LogP contribution in [0.4, 0.5) is 4.39 Å². The molecule has 0 fully saturated rings. The van der Waals surface area contributed by atoms with Crippen LogP contribution in [0.5, 0.6) is 0 Å². The minimum atomic E-state index is -0.258. The van der Waals surface area contributed by atoms with Crippen LogP contribution in [0, 0.1) is 5.82 Å². The summed E-state index contributed by atoms with van der Waals surface area (Å²) in [6.07, 6.45) is 0.441. The molecule has 0 aliphatic heterocycles. The summed E-state index contributed by atoms with van der Waals surface area (Å²) >= 11 is 0. The van der Waals surface area contributed by atoms with E-state index in [2.05, 4.69) is 39.6 Å². The lowest BCUT2D eigenvalue weighted by molar-refractivity contribution is -0.121. The topological polar surface area (TPSA) is 75.9 Å². The van der Waals surface area contributed by atoms with Crippen molar-refractivity contribution in [3.63, 3.8) is 0 Å². The Bertz CT molecular complexity index is 672. The van der Waals surface area contributed by atoms with Crippen LogP contribution in [-0.2, 0) is 24.3 Å². The Labute approximate surface area is 140 Å². The van der Waals surface area contributed by atoms with Gasteiger partial charge in [0.05, 0.1) is 6.54 Å². The van der Waals surface area contributed by atoms with Crippen molar-refractivity contribution in [3.8, 4) is 0 Å². The number of rotatable bonds is 8. The van der Waals surface area contributed by atoms with Crippen molar-refractivity contribution in [2.24, 2.45) is 0 Å². The normalized spacial score (nSPS) is 11.2. The number of carbonyl (C=O) groups excluding carboxylic acids is 1. The number of halogens is 1. The van der Waals surface area contributed by atoms with E-state index in [1.807, 2.05) is 7.05 Å². The Kier molecular flexibility index (Phi) is 6.36. The highest BCUT2D eigenvalue weighted by Gasteiger charge is 2.13. The average Bonchev–Trinajstić information content (AvgIpc) is 2.96. The third kappa shape index (κ3) is 5.09. The molecule has 130 valence electrons. The molecule has 0 unspecified atom stereocenters. The smallest absolute Gasteiger partial charge is 0.241 e. The van der Waals surface area contributed by atoms with Gasteiger partial charge in [-0.1, -0.05) is 18.2 Å². The monoisotopic (exact) mass is 334 g/mol. The van der Waals surface area contributed by atoms with Gasteiger partial charge >= 0.3 is 0 Å². The third-order valence-corrected chi connectivity index (χ3v) is 3.85. The van der Waals surface area contributed by atoms with Gasteiger partial charge in [-0.05, 0) is 49.4 Å². The van der Waals surface area contributed by atoms with Crippen molar-refractivity contribution in [2.75, 3.05) is 13.6 Å². The molecule has 2 rings (SSSR count). The van der Waals surface area contributed by atoms with Crippen LogP contribution in [0.2, 0.25) is 0 Å². The minimum absolute atomic E-state index is 0.0472. The van der Waals surface area contributed by atoms with Gasteiger partial charge in [0.15, 0.2) is 5.82 Å². The van der Waals surface area contributed by atoms with E-state index in [-0.39, 0.29) is 18.3 Å². The Morgan fingerprint density at radius 2 is 2.12 bits per heavy atom. The fourth-order valence-corrected chi connectivity index (χ4v) is 2.09. The summed E-state index contributed by atoms with van der Waals surface area (Å²) in [6, 6.07) is 6.90. The second-order valence-corrected chi connectivity index (χ2v) is 5.95. The Morgan fingerprint density at radius 3 is 2.83 bits per heavy atom. The molecule has 0 bridgehead atoms. The molecule has 1 amide bonds. The van der Waals surface area contributed by atoms with Crippen molar-refractivity contribution in [1.29, 1.82) is 0 Å². The average molecular weight is 334 g/mol. The zero-order chi connectivity index (χ0) is 17.5. The van der Waals surface area contributed by atoms with Crippen molar-refractivity contribution in [1.82, 2.24) is 30.4 Å². The molecule has 1 aromatic heterocycles. The molecule has 2 aromatic rings. The van der Waals surface area contributed by atoms with Crippen LogP contribution in [-0.4, -0.2) is 50.6 Å². The third-order valence-electron chi connectivity index (χ3n) is 3.85. The highest BCUT2D eigenvalue weighted by atomic mass is 19.1. The fourth-order valence-electron chi connectivity index (χ4n) is 2.09. The summed E-state index contributed by atoms with van der Waals surface area (Å²) < 4.78 is 15.0. The second kappa shape index (κ2) is 8.49. The van der Waals surface area contributed by atoms with Gasteiger partial charge in [0.25, 0.3) is 0 Å². The van der Waals surface area contributed by atoms with Crippen LogP contribution in [0.3, 0.4) is 0 Å². The minimum Gasteiger partial charge on any atom is -0.354 e. The summed E-state index contributed by atoms with van der Waals surface area (Å²) in [5.41, 5.74) is 0.583. The van der Waals surface area contributed by atoms with E-state index < -0.39 is 0 Å². The first-order chi connectivity index (χ1) is 11.5. The number of hydrogen-bond acceptors (Lipinski definition) is 5. The van der Waals surface area contributed by atoms with Gasteiger partial charge in [-0.2, -0.15) is 0 Å². The molecule has 0 saturated carbocycles. The van der Waals surface area contributed by atoms with Gasteiger partial charge in [0, 0.05) is 12.6 Å². The first kappa shape index (κ1) is 18.0. The molecule has 0 radical (unpaired) electrons. The van der Waals surface area contributed by atoms with E-state index in [9.17, 15) is 9.18 Å². The summed E-state index contributed by atoms with van der Waals surface area (Å²) in [4.78, 5) is 14.1. The highest BCUT2D eigenvalue weighted by molar-refractivity contribution is 5.75. The predicted molar refractivity (Wildman–Crippen MR) is 87.5 cm³/mol. The molecule has 1 aromatic carbocycles. The van der Waals surface area contributed by atoms with Crippen molar-refractivity contribution in [3.05, 3.63) is 41.5 Å². The molecule has 0 spiro atoms. The molecule has 24 heavy (non-hydrogen) atoms. The van der Waals surface area contributed by atoms with Gasteiger partial charge in [0.2, 0.25) is 5.91 Å². The van der Waals surface area contributed by atoms with Gasteiger partial charge < -0.3 is 5.32 Å². The molecular weight excluding hydrogens is 311 g/mol. The van der Waals surface area contributed by atoms with Gasteiger partial charge in [-0.15, -0.1) is 5.10 Å². The molecule has 1 heterocycles. The number of nitrogens with one attached hydrogen (secondary N) is 1.